The zero-order valence-corrected chi connectivity index (χ0v) is 20.6. The van der Waals surface area contributed by atoms with Crippen LogP contribution in [0, 0.1) is 10.5 Å². The molecule has 1 aliphatic heterocycles. The summed E-state index contributed by atoms with van der Waals surface area (Å²) in [6.45, 7) is 2.58. The molecule has 3 aromatic rings. The van der Waals surface area contributed by atoms with Crippen LogP contribution in [0.25, 0.3) is 6.08 Å². The first-order valence-corrected chi connectivity index (χ1v) is 11.8. The monoisotopic (exact) mass is 556 g/mol. The van der Waals surface area contributed by atoms with Crippen LogP contribution in [-0.4, -0.2) is 18.2 Å². The first kappa shape index (κ1) is 22.4. The van der Waals surface area contributed by atoms with E-state index in [1.807, 2.05) is 48.5 Å². The SMILES string of the molecule is COc1ccc(N=C2NC(=O)/C(=C\c3ccc(OCc4ccc(C)cc4)c(I)c3)S2)cc1. The molecule has 7 heteroatoms. The summed E-state index contributed by atoms with van der Waals surface area (Å²) in [6, 6.07) is 21.6. The lowest BCUT2D eigenvalue weighted by atomic mass is 10.1. The Hall–Kier alpha value is -2.78. The number of hydrogen-bond acceptors (Lipinski definition) is 5. The quantitative estimate of drug-likeness (QED) is 0.296. The van der Waals surface area contributed by atoms with Gasteiger partial charge in [-0.15, -0.1) is 0 Å². The maximum Gasteiger partial charge on any atom is 0.264 e. The molecule has 5 nitrogen and oxygen atoms in total. The molecule has 3 aromatic carbocycles. The Morgan fingerprint density at radius 3 is 2.50 bits per heavy atom. The summed E-state index contributed by atoms with van der Waals surface area (Å²) in [4.78, 5) is 17.5. The van der Waals surface area contributed by atoms with Crippen molar-refractivity contribution in [3.63, 3.8) is 0 Å². The molecule has 0 spiro atoms. The van der Waals surface area contributed by atoms with E-state index in [4.69, 9.17) is 9.47 Å². The molecule has 1 amide bonds. The topological polar surface area (TPSA) is 59.9 Å². The van der Waals surface area contributed by atoms with Crippen molar-refractivity contribution < 1.29 is 14.3 Å². The first-order chi connectivity index (χ1) is 15.5. The zero-order chi connectivity index (χ0) is 22.5. The average Bonchev–Trinajstić information content (AvgIpc) is 3.13. The molecule has 32 heavy (non-hydrogen) atoms. The Labute approximate surface area is 205 Å². The number of halogens is 1. The zero-order valence-electron chi connectivity index (χ0n) is 17.6. The van der Waals surface area contributed by atoms with E-state index in [1.165, 1.54) is 17.3 Å². The number of amidine groups is 1. The second-order valence-electron chi connectivity index (χ2n) is 7.14. The van der Waals surface area contributed by atoms with Gasteiger partial charge in [0.25, 0.3) is 5.91 Å². The molecule has 1 N–H and O–H groups in total. The van der Waals surface area contributed by atoms with Gasteiger partial charge in [-0.2, -0.15) is 0 Å². The van der Waals surface area contributed by atoms with Crippen LogP contribution >= 0.6 is 34.4 Å². The van der Waals surface area contributed by atoms with Gasteiger partial charge >= 0.3 is 0 Å². The molecule has 0 aliphatic carbocycles. The number of benzene rings is 3. The van der Waals surface area contributed by atoms with Gasteiger partial charge < -0.3 is 14.8 Å². The maximum atomic E-state index is 12.4. The van der Waals surface area contributed by atoms with Gasteiger partial charge in [-0.3, -0.25) is 4.79 Å². The standard InChI is InChI=1S/C25H21IN2O3S/c1-16-3-5-17(6-4-16)15-31-22-12-7-18(13-21(22)26)14-23-24(29)28-25(32-23)27-19-8-10-20(30-2)11-9-19/h3-14H,15H2,1-2H3,(H,27,28,29)/b23-14+. The minimum atomic E-state index is -0.156. The summed E-state index contributed by atoms with van der Waals surface area (Å²) in [5.41, 5.74) is 4.03. The van der Waals surface area contributed by atoms with Gasteiger partial charge in [-0.05, 0) is 94.9 Å². The van der Waals surface area contributed by atoms with Crippen LogP contribution in [0.2, 0.25) is 0 Å². The van der Waals surface area contributed by atoms with Crippen molar-refractivity contribution in [1.82, 2.24) is 5.32 Å². The molecule has 4 rings (SSSR count). The van der Waals surface area contributed by atoms with Gasteiger partial charge in [0.05, 0.1) is 21.3 Å². The van der Waals surface area contributed by atoms with Crippen LogP contribution in [0.4, 0.5) is 5.69 Å². The number of ether oxygens (including phenoxy) is 2. The molecule has 0 saturated carbocycles. The number of amides is 1. The van der Waals surface area contributed by atoms with Gasteiger partial charge in [0.1, 0.15) is 18.1 Å². The number of methoxy groups -OCH3 is 1. The van der Waals surface area contributed by atoms with Crippen LogP contribution in [0.15, 0.2) is 76.6 Å². The number of hydrogen-bond donors (Lipinski definition) is 1. The minimum absolute atomic E-state index is 0.156. The third kappa shape index (κ3) is 5.72. The van der Waals surface area contributed by atoms with Crippen LogP contribution in [0.5, 0.6) is 11.5 Å². The number of thioether (sulfide) groups is 1. The fourth-order valence-corrected chi connectivity index (χ4v) is 4.51. The van der Waals surface area contributed by atoms with E-state index in [0.29, 0.717) is 16.7 Å². The molecule has 1 saturated heterocycles. The van der Waals surface area contributed by atoms with E-state index in [0.717, 1.165) is 31.9 Å². The third-order valence-corrected chi connectivity index (χ3v) is 6.48. The number of aliphatic imine (C=N–C) groups is 1. The number of carbonyl (C=O) groups is 1. The molecular weight excluding hydrogens is 535 g/mol. The van der Waals surface area contributed by atoms with E-state index < -0.39 is 0 Å². The van der Waals surface area contributed by atoms with Crippen LogP contribution < -0.4 is 14.8 Å². The van der Waals surface area contributed by atoms with Gasteiger partial charge in [0.2, 0.25) is 0 Å². The highest BCUT2D eigenvalue weighted by Gasteiger charge is 2.23. The highest BCUT2D eigenvalue weighted by molar-refractivity contribution is 14.1. The largest absolute Gasteiger partial charge is 0.497 e. The minimum Gasteiger partial charge on any atom is -0.497 e. The Morgan fingerprint density at radius 1 is 1.06 bits per heavy atom. The predicted molar refractivity (Wildman–Crippen MR) is 138 cm³/mol. The summed E-state index contributed by atoms with van der Waals surface area (Å²) in [6.07, 6.45) is 1.86. The molecule has 0 bridgehead atoms. The average molecular weight is 556 g/mol. The van der Waals surface area contributed by atoms with Gasteiger partial charge in [0, 0.05) is 0 Å². The highest BCUT2D eigenvalue weighted by atomic mass is 127. The molecule has 162 valence electrons. The summed E-state index contributed by atoms with van der Waals surface area (Å²) in [7, 11) is 1.62. The summed E-state index contributed by atoms with van der Waals surface area (Å²) >= 11 is 3.58. The van der Waals surface area contributed by atoms with Gasteiger partial charge in [0.15, 0.2) is 5.17 Å². The molecule has 0 atom stereocenters. The number of nitrogens with zero attached hydrogens (tertiary/aromatic N) is 1. The molecule has 0 radical (unpaired) electrons. The normalized spacial score (nSPS) is 15.8. The van der Waals surface area contributed by atoms with Gasteiger partial charge in [-0.25, -0.2) is 4.99 Å². The number of rotatable bonds is 6. The third-order valence-electron chi connectivity index (χ3n) is 4.72. The van der Waals surface area contributed by atoms with E-state index >= 15 is 0 Å². The van der Waals surface area contributed by atoms with Crippen LogP contribution in [-0.2, 0) is 11.4 Å². The van der Waals surface area contributed by atoms with Crippen LogP contribution in [0.3, 0.4) is 0 Å². The summed E-state index contributed by atoms with van der Waals surface area (Å²) < 4.78 is 12.1. The van der Waals surface area contributed by atoms with E-state index in [2.05, 4.69) is 64.1 Å². The molecule has 1 aliphatic rings. The summed E-state index contributed by atoms with van der Waals surface area (Å²) in [5.74, 6) is 1.43. The van der Waals surface area contributed by atoms with Crippen molar-refractivity contribution in [1.29, 1.82) is 0 Å². The lowest BCUT2D eigenvalue weighted by molar-refractivity contribution is -0.115. The van der Waals surface area contributed by atoms with Crippen molar-refractivity contribution in [2.45, 2.75) is 13.5 Å². The smallest absolute Gasteiger partial charge is 0.264 e. The van der Waals surface area contributed by atoms with Crippen molar-refractivity contribution in [3.05, 3.63) is 91.9 Å². The van der Waals surface area contributed by atoms with Crippen molar-refractivity contribution >= 4 is 57.2 Å². The Bertz CT molecular complexity index is 1190. The second kappa shape index (κ2) is 10.2. The first-order valence-electron chi connectivity index (χ1n) is 9.92. The second-order valence-corrected chi connectivity index (χ2v) is 9.34. The number of carbonyl (C=O) groups excluding carboxylic acids is 1. The van der Waals surface area contributed by atoms with Crippen molar-refractivity contribution in [3.8, 4) is 11.5 Å². The summed E-state index contributed by atoms with van der Waals surface area (Å²) in [5, 5.41) is 3.37. The maximum absolute atomic E-state index is 12.4. The number of nitrogens with one attached hydrogen (secondary N) is 1. The number of aryl methyl sites for hydroxylation is 1. The van der Waals surface area contributed by atoms with Crippen LogP contribution in [0.1, 0.15) is 16.7 Å². The van der Waals surface area contributed by atoms with Gasteiger partial charge in [-0.1, -0.05) is 35.9 Å². The van der Waals surface area contributed by atoms with Crippen molar-refractivity contribution in [2.24, 2.45) is 4.99 Å². The molecular formula is C25H21IN2O3S. The van der Waals surface area contributed by atoms with E-state index in [9.17, 15) is 4.79 Å². The lowest BCUT2D eigenvalue weighted by Crippen LogP contribution is -2.19. The molecule has 0 unspecified atom stereocenters. The fourth-order valence-electron chi connectivity index (χ4n) is 2.98. The van der Waals surface area contributed by atoms with E-state index in [-0.39, 0.29) is 5.91 Å². The van der Waals surface area contributed by atoms with E-state index in [1.54, 1.807) is 7.11 Å². The Morgan fingerprint density at radius 2 is 1.81 bits per heavy atom. The molecule has 0 aromatic heterocycles. The fraction of sp³-hybridized carbons (Fsp3) is 0.120. The predicted octanol–water partition coefficient (Wildman–Crippen LogP) is 6.08. The molecule has 1 heterocycles. The van der Waals surface area contributed by atoms with Crippen molar-refractivity contribution in [2.75, 3.05) is 7.11 Å². The Balaban J connectivity index is 1.43. The molecule has 1 fully saturated rings. The highest BCUT2D eigenvalue weighted by Crippen LogP contribution is 2.30. The Kier molecular flexibility index (Phi) is 7.16. The lowest BCUT2D eigenvalue weighted by Gasteiger charge is -2.09.